The molecule has 0 atom stereocenters. The quantitative estimate of drug-likeness (QED) is 0.554. The van der Waals surface area contributed by atoms with E-state index in [1.54, 1.807) is 7.11 Å². The van der Waals surface area contributed by atoms with E-state index in [2.05, 4.69) is 64.9 Å². The van der Waals surface area contributed by atoms with Crippen molar-refractivity contribution in [2.24, 2.45) is 4.99 Å². The minimum Gasteiger partial charge on any atom is -0.383 e. The summed E-state index contributed by atoms with van der Waals surface area (Å²) in [6.45, 7) is 7.22. The minimum atomic E-state index is 0.260. The molecule has 1 aliphatic carbocycles. The number of nitrogens with zero attached hydrogens (tertiary/aromatic N) is 3. The van der Waals surface area contributed by atoms with Gasteiger partial charge in [-0.05, 0) is 32.3 Å². The Kier molecular flexibility index (Phi) is 6.16. The number of hydrogen-bond acceptors (Lipinski definition) is 3. The number of methoxy groups -OCH3 is 1. The largest absolute Gasteiger partial charge is 0.383 e. The van der Waals surface area contributed by atoms with E-state index in [4.69, 9.17) is 4.74 Å². The van der Waals surface area contributed by atoms with Gasteiger partial charge in [0.05, 0.1) is 18.8 Å². The molecule has 2 N–H and O–H groups in total. The first kappa shape index (κ1) is 19.4. The fourth-order valence-electron chi connectivity index (χ4n) is 3.54. The number of aliphatic imine (C=N–C) groups is 1. The molecule has 0 saturated heterocycles. The number of ether oxygens (including phenoxy) is 1. The molecule has 1 aromatic heterocycles. The Labute approximate surface area is 162 Å². The lowest BCUT2D eigenvalue weighted by atomic mass is 9.96. The van der Waals surface area contributed by atoms with Crippen LogP contribution in [0.2, 0.25) is 0 Å². The van der Waals surface area contributed by atoms with E-state index < -0.39 is 0 Å². The number of benzene rings is 1. The van der Waals surface area contributed by atoms with Crippen LogP contribution < -0.4 is 10.6 Å². The van der Waals surface area contributed by atoms with Gasteiger partial charge >= 0.3 is 0 Å². The maximum Gasteiger partial charge on any atom is 0.191 e. The van der Waals surface area contributed by atoms with Gasteiger partial charge in [0.15, 0.2) is 5.96 Å². The molecule has 0 amide bonds. The molecule has 0 unspecified atom stereocenters. The van der Waals surface area contributed by atoms with E-state index >= 15 is 0 Å². The smallest absolute Gasteiger partial charge is 0.191 e. The van der Waals surface area contributed by atoms with E-state index in [-0.39, 0.29) is 5.41 Å². The zero-order valence-corrected chi connectivity index (χ0v) is 16.9. The number of aromatic nitrogens is 2. The Morgan fingerprint density at radius 2 is 1.96 bits per heavy atom. The van der Waals surface area contributed by atoms with Crippen LogP contribution in [-0.4, -0.2) is 43.0 Å². The van der Waals surface area contributed by atoms with Gasteiger partial charge in [-0.2, -0.15) is 5.10 Å². The number of guanidine groups is 1. The van der Waals surface area contributed by atoms with Crippen molar-refractivity contribution in [3.05, 3.63) is 52.8 Å². The molecule has 1 heterocycles. The van der Waals surface area contributed by atoms with Crippen molar-refractivity contribution in [1.82, 2.24) is 20.4 Å². The summed E-state index contributed by atoms with van der Waals surface area (Å²) in [5.74, 6) is 0.834. The van der Waals surface area contributed by atoms with Crippen molar-refractivity contribution in [3.8, 4) is 0 Å². The molecular formula is C21H31N5O. The molecule has 1 saturated carbocycles. The molecule has 1 aliphatic rings. The zero-order valence-electron chi connectivity index (χ0n) is 16.9. The van der Waals surface area contributed by atoms with Crippen molar-refractivity contribution in [3.63, 3.8) is 0 Å². The third kappa shape index (κ3) is 4.50. The minimum absolute atomic E-state index is 0.260. The highest BCUT2D eigenvalue weighted by Gasteiger charge is 2.43. The van der Waals surface area contributed by atoms with Crippen LogP contribution in [0.4, 0.5) is 0 Å². The van der Waals surface area contributed by atoms with Gasteiger partial charge in [-0.25, -0.2) is 0 Å². The lowest BCUT2D eigenvalue weighted by molar-refractivity contribution is 0.182. The molecule has 27 heavy (non-hydrogen) atoms. The Balaban J connectivity index is 1.57. The first-order chi connectivity index (χ1) is 13.1. The van der Waals surface area contributed by atoms with Crippen LogP contribution in [-0.2, 0) is 23.2 Å². The molecule has 6 heteroatoms. The molecule has 0 aliphatic heterocycles. The zero-order chi connectivity index (χ0) is 19.3. The molecule has 3 rings (SSSR count). The van der Waals surface area contributed by atoms with Crippen LogP contribution in [0.15, 0.2) is 35.3 Å². The Hall–Kier alpha value is -2.34. The molecule has 0 bridgehead atoms. The second kappa shape index (κ2) is 8.57. The Morgan fingerprint density at radius 1 is 1.22 bits per heavy atom. The molecule has 0 spiro atoms. The molecule has 1 aromatic carbocycles. The first-order valence-corrected chi connectivity index (χ1v) is 9.61. The van der Waals surface area contributed by atoms with Crippen molar-refractivity contribution < 1.29 is 4.74 Å². The van der Waals surface area contributed by atoms with Crippen LogP contribution in [0.5, 0.6) is 0 Å². The molecular weight excluding hydrogens is 338 g/mol. The van der Waals surface area contributed by atoms with E-state index in [1.165, 1.54) is 29.7 Å². The average Bonchev–Trinajstić information content (AvgIpc) is 3.44. The standard InChI is InChI=1S/C21H31N5O/c1-16-19(17(2)26(25-16)12-13-27-4)14-23-20(22-3)24-15-21(10-11-21)18-8-6-5-7-9-18/h5-9H,10-15H2,1-4H3,(H2,22,23,24). The molecule has 0 radical (unpaired) electrons. The lowest BCUT2D eigenvalue weighted by Crippen LogP contribution is -2.41. The van der Waals surface area contributed by atoms with Crippen LogP contribution in [0.25, 0.3) is 0 Å². The topological polar surface area (TPSA) is 63.5 Å². The number of nitrogens with one attached hydrogen (secondary N) is 2. The number of rotatable bonds is 8. The Bertz CT molecular complexity index is 777. The predicted molar refractivity (Wildman–Crippen MR) is 109 cm³/mol. The van der Waals surface area contributed by atoms with Gasteiger partial charge in [-0.1, -0.05) is 30.3 Å². The Morgan fingerprint density at radius 3 is 2.59 bits per heavy atom. The lowest BCUT2D eigenvalue weighted by Gasteiger charge is -2.19. The SMILES string of the molecule is CN=C(NCc1c(C)nn(CCOC)c1C)NCC1(c2ccccc2)CC1. The highest BCUT2D eigenvalue weighted by Crippen LogP contribution is 2.47. The van der Waals surface area contributed by atoms with Crippen LogP contribution in [0.1, 0.15) is 35.4 Å². The third-order valence-corrected chi connectivity index (χ3v) is 5.53. The van der Waals surface area contributed by atoms with Gasteiger partial charge in [0.2, 0.25) is 0 Å². The molecule has 6 nitrogen and oxygen atoms in total. The first-order valence-electron chi connectivity index (χ1n) is 9.61. The van der Waals surface area contributed by atoms with Gasteiger partial charge in [0.25, 0.3) is 0 Å². The van der Waals surface area contributed by atoms with Gasteiger partial charge in [0, 0.05) is 43.9 Å². The number of hydrogen-bond donors (Lipinski definition) is 2. The van der Waals surface area contributed by atoms with Gasteiger partial charge in [-0.15, -0.1) is 0 Å². The van der Waals surface area contributed by atoms with Crippen LogP contribution in [0, 0.1) is 13.8 Å². The van der Waals surface area contributed by atoms with E-state index in [0.717, 1.165) is 24.7 Å². The summed E-state index contributed by atoms with van der Waals surface area (Å²) in [5, 5.41) is 11.6. The summed E-state index contributed by atoms with van der Waals surface area (Å²) in [5.41, 5.74) is 5.12. The summed E-state index contributed by atoms with van der Waals surface area (Å²) in [6.07, 6.45) is 2.46. The fourth-order valence-corrected chi connectivity index (χ4v) is 3.54. The third-order valence-electron chi connectivity index (χ3n) is 5.53. The maximum atomic E-state index is 5.17. The second-order valence-corrected chi connectivity index (χ2v) is 7.29. The van der Waals surface area contributed by atoms with Gasteiger partial charge in [0.1, 0.15) is 0 Å². The summed E-state index contributed by atoms with van der Waals surface area (Å²) >= 11 is 0. The summed E-state index contributed by atoms with van der Waals surface area (Å²) < 4.78 is 7.18. The maximum absolute atomic E-state index is 5.17. The van der Waals surface area contributed by atoms with Gasteiger partial charge in [-0.3, -0.25) is 9.67 Å². The summed E-state index contributed by atoms with van der Waals surface area (Å²) in [6, 6.07) is 10.8. The summed E-state index contributed by atoms with van der Waals surface area (Å²) in [4.78, 5) is 4.39. The van der Waals surface area contributed by atoms with E-state index in [9.17, 15) is 0 Å². The van der Waals surface area contributed by atoms with Crippen molar-refractivity contribution in [2.75, 3.05) is 27.3 Å². The van der Waals surface area contributed by atoms with Crippen molar-refractivity contribution >= 4 is 5.96 Å². The molecule has 146 valence electrons. The van der Waals surface area contributed by atoms with E-state index in [1.807, 2.05) is 11.7 Å². The highest BCUT2D eigenvalue weighted by atomic mass is 16.5. The van der Waals surface area contributed by atoms with Crippen LogP contribution >= 0.6 is 0 Å². The fraction of sp³-hybridized carbons (Fsp3) is 0.524. The highest BCUT2D eigenvalue weighted by molar-refractivity contribution is 5.79. The van der Waals surface area contributed by atoms with Crippen molar-refractivity contribution in [2.45, 2.75) is 45.2 Å². The average molecular weight is 370 g/mol. The van der Waals surface area contributed by atoms with Crippen molar-refractivity contribution in [1.29, 1.82) is 0 Å². The number of aryl methyl sites for hydroxylation is 1. The molecule has 1 fully saturated rings. The predicted octanol–water partition coefficient (Wildman–Crippen LogP) is 2.54. The molecule has 2 aromatic rings. The second-order valence-electron chi connectivity index (χ2n) is 7.29. The summed E-state index contributed by atoms with van der Waals surface area (Å²) in [7, 11) is 3.53. The van der Waals surface area contributed by atoms with Crippen LogP contribution in [0.3, 0.4) is 0 Å². The monoisotopic (exact) mass is 369 g/mol. The normalized spacial score (nSPS) is 15.6. The van der Waals surface area contributed by atoms with Gasteiger partial charge < -0.3 is 15.4 Å². The van der Waals surface area contributed by atoms with E-state index in [0.29, 0.717) is 13.2 Å².